The van der Waals surface area contributed by atoms with Crippen molar-refractivity contribution < 1.29 is 0 Å². The maximum Gasteiger partial charge on any atom is 0.255 e. The number of nitrogens with zero attached hydrogens (tertiary/aromatic N) is 1. The molecule has 0 amide bonds. The van der Waals surface area contributed by atoms with Crippen molar-refractivity contribution in [2.75, 3.05) is 5.75 Å². The van der Waals surface area contributed by atoms with Gasteiger partial charge >= 0.3 is 0 Å². The van der Waals surface area contributed by atoms with Crippen LogP contribution >= 0.6 is 23.5 Å². The molecule has 1 aliphatic heterocycles. The zero-order valence-corrected chi connectivity index (χ0v) is 12.2. The van der Waals surface area contributed by atoms with E-state index in [0.29, 0.717) is 5.82 Å². The number of aromatic nitrogens is 2. The van der Waals surface area contributed by atoms with E-state index in [4.69, 9.17) is 0 Å². The predicted molar refractivity (Wildman–Crippen MR) is 81.7 cm³/mol. The molecule has 0 spiro atoms. The van der Waals surface area contributed by atoms with E-state index >= 15 is 0 Å². The maximum absolute atomic E-state index is 12.0. The van der Waals surface area contributed by atoms with Crippen LogP contribution in [0.1, 0.15) is 18.2 Å². The summed E-state index contributed by atoms with van der Waals surface area (Å²) < 4.78 is 0. The molecule has 1 N–H and O–H groups in total. The van der Waals surface area contributed by atoms with Gasteiger partial charge in [0.05, 0.1) is 5.69 Å². The number of benzene rings is 1. The van der Waals surface area contributed by atoms with Crippen molar-refractivity contribution >= 4 is 23.5 Å². The molecule has 0 radical (unpaired) electrons. The number of fused-ring (bicyclic) bond motifs is 1. The highest BCUT2D eigenvalue weighted by Gasteiger charge is 2.17. The van der Waals surface area contributed by atoms with Crippen molar-refractivity contribution in [3.63, 3.8) is 0 Å². The second-order valence-corrected chi connectivity index (χ2v) is 6.61. The van der Waals surface area contributed by atoms with Gasteiger partial charge in [0.15, 0.2) is 0 Å². The van der Waals surface area contributed by atoms with Gasteiger partial charge in [-0.15, -0.1) is 11.8 Å². The Kier molecular flexibility index (Phi) is 3.66. The molecule has 0 bridgehead atoms. The lowest BCUT2D eigenvalue weighted by Gasteiger charge is -2.05. The van der Waals surface area contributed by atoms with Gasteiger partial charge in [0.1, 0.15) is 5.82 Å². The third-order valence-corrected chi connectivity index (χ3v) is 4.89. The van der Waals surface area contributed by atoms with Crippen LogP contribution in [0.25, 0.3) is 11.4 Å². The Hall–Kier alpha value is -1.20. The third-order valence-electron chi connectivity index (χ3n) is 3.03. The smallest absolute Gasteiger partial charge is 0.255 e. The number of thioether (sulfide) groups is 2. The van der Waals surface area contributed by atoms with Crippen LogP contribution in [0.3, 0.4) is 0 Å². The first-order valence-corrected chi connectivity index (χ1v) is 8.35. The number of rotatable bonds is 3. The molecule has 3 nitrogen and oxygen atoms in total. The highest BCUT2D eigenvalue weighted by Crippen LogP contribution is 2.27. The van der Waals surface area contributed by atoms with Gasteiger partial charge < -0.3 is 4.98 Å². The Bertz CT molecular complexity index is 649. The van der Waals surface area contributed by atoms with Crippen LogP contribution in [-0.2, 0) is 11.5 Å². The average molecular weight is 290 g/mol. The molecule has 1 aliphatic rings. The van der Waals surface area contributed by atoms with Crippen LogP contribution in [0.2, 0.25) is 0 Å². The first-order valence-electron chi connectivity index (χ1n) is 6.21. The lowest BCUT2D eigenvalue weighted by Crippen LogP contribution is -2.15. The van der Waals surface area contributed by atoms with Crippen LogP contribution in [0, 0.1) is 0 Å². The number of hydrogen-bond donors (Lipinski definition) is 1. The number of hydrogen-bond acceptors (Lipinski definition) is 4. The van der Waals surface area contributed by atoms with E-state index in [1.54, 1.807) is 23.5 Å². The summed E-state index contributed by atoms with van der Waals surface area (Å²) in [5, 5.41) is 0. The van der Waals surface area contributed by atoms with E-state index in [-0.39, 0.29) is 5.56 Å². The Labute approximate surface area is 120 Å². The molecule has 98 valence electrons. The van der Waals surface area contributed by atoms with Gasteiger partial charge in [0.2, 0.25) is 0 Å². The third kappa shape index (κ3) is 2.58. The Morgan fingerprint density at radius 2 is 2.11 bits per heavy atom. The van der Waals surface area contributed by atoms with Crippen molar-refractivity contribution in [2.24, 2.45) is 0 Å². The van der Waals surface area contributed by atoms with E-state index in [0.717, 1.165) is 34.1 Å². The van der Waals surface area contributed by atoms with Crippen molar-refractivity contribution in [1.29, 1.82) is 0 Å². The standard InChI is InChI=1S/C14H14N2OS2/c1-2-19-10-5-3-9(4-6-10)13-15-12-8-18-7-11(12)14(17)16-13/h3-6H,2,7-8H2,1H3,(H,15,16,17). The molecule has 0 unspecified atom stereocenters. The van der Waals surface area contributed by atoms with Crippen LogP contribution in [0.15, 0.2) is 34.0 Å². The summed E-state index contributed by atoms with van der Waals surface area (Å²) in [6, 6.07) is 8.19. The fourth-order valence-corrected chi connectivity index (χ4v) is 3.77. The highest BCUT2D eigenvalue weighted by molar-refractivity contribution is 7.99. The minimum atomic E-state index is 0.0111. The van der Waals surface area contributed by atoms with Crippen molar-refractivity contribution in [3.8, 4) is 11.4 Å². The number of H-pyrrole nitrogens is 1. The molecule has 2 heterocycles. The Morgan fingerprint density at radius 3 is 2.84 bits per heavy atom. The van der Waals surface area contributed by atoms with Crippen LogP contribution in [0.5, 0.6) is 0 Å². The molecule has 1 aromatic heterocycles. The van der Waals surface area contributed by atoms with Crippen LogP contribution in [0.4, 0.5) is 0 Å². The van der Waals surface area contributed by atoms with E-state index in [9.17, 15) is 4.79 Å². The Morgan fingerprint density at radius 1 is 1.32 bits per heavy atom. The fraction of sp³-hybridized carbons (Fsp3) is 0.286. The summed E-state index contributed by atoms with van der Waals surface area (Å²) in [5.74, 6) is 3.36. The summed E-state index contributed by atoms with van der Waals surface area (Å²) in [7, 11) is 0. The molecular formula is C14H14N2OS2. The zero-order valence-electron chi connectivity index (χ0n) is 10.6. The van der Waals surface area contributed by atoms with Gasteiger partial charge in [-0.25, -0.2) is 4.98 Å². The molecular weight excluding hydrogens is 276 g/mol. The van der Waals surface area contributed by atoms with Gasteiger partial charge in [-0.3, -0.25) is 4.79 Å². The van der Waals surface area contributed by atoms with Crippen LogP contribution < -0.4 is 5.56 Å². The van der Waals surface area contributed by atoms with E-state index in [2.05, 4.69) is 29.0 Å². The normalized spacial score (nSPS) is 13.5. The molecule has 0 aliphatic carbocycles. The molecule has 0 atom stereocenters. The minimum Gasteiger partial charge on any atom is -0.306 e. The van der Waals surface area contributed by atoms with Gasteiger partial charge in [-0.2, -0.15) is 11.8 Å². The van der Waals surface area contributed by atoms with Gasteiger partial charge in [-0.1, -0.05) is 19.1 Å². The van der Waals surface area contributed by atoms with Crippen molar-refractivity contribution in [2.45, 2.75) is 23.3 Å². The lowest BCUT2D eigenvalue weighted by molar-refractivity contribution is 1.03. The largest absolute Gasteiger partial charge is 0.306 e. The highest BCUT2D eigenvalue weighted by atomic mass is 32.2. The van der Waals surface area contributed by atoms with E-state index in [1.165, 1.54) is 4.90 Å². The second kappa shape index (κ2) is 5.43. The average Bonchev–Trinajstić information content (AvgIpc) is 2.89. The van der Waals surface area contributed by atoms with E-state index < -0.39 is 0 Å². The zero-order chi connectivity index (χ0) is 13.2. The lowest BCUT2D eigenvalue weighted by atomic mass is 10.2. The molecule has 3 rings (SSSR count). The van der Waals surface area contributed by atoms with Crippen molar-refractivity contribution in [3.05, 3.63) is 45.9 Å². The molecule has 0 saturated heterocycles. The summed E-state index contributed by atoms with van der Waals surface area (Å²) >= 11 is 3.55. The van der Waals surface area contributed by atoms with Crippen molar-refractivity contribution in [1.82, 2.24) is 9.97 Å². The number of aromatic amines is 1. The molecule has 2 aromatic rings. The fourth-order valence-electron chi connectivity index (χ4n) is 2.07. The second-order valence-electron chi connectivity index (χ2n) is 4.29. The topological polar surface area (TPSA) is 45.8 Å². The summed E-state index contributed by atoms with van der Waals surface area (Å²) in [5.41, 5.74) is 2.76. The van der Waals surface area contributed by atoms with Gasteiger partial charge in [0, 0.05) is 27.5 Å². The van der Waals surface area contributed by atoms with Crippen LogP contribution in [-0.4, -0.2) is 15.7 Å². The molecule has 1 aromatic carbocycles. The quantitative estimate of drug-likeness (QED) is 0.881. The Balaban J connectivity index is 1.98. The summed E-state index contributed by atoms with van der Waals surface area (Å²) in [4.78, 5) is 20.7. The molecule has 19 heavy (non-hydrogen) atoms. The molecule has 5 heteroatoms. The molecule has 0 saturated carbocycles. The predicted octanol–water partition coefficient (Wildman–Crippen LogP) is 3.30. The number of nitrogens with one attached hydrogen (secondary N) is 1. The SMILES string of the molecule is CCSc1ccc(-c2nc3c(c(=O)[nH]2)CSC3)cc1. The summed E-state index contributed by atoms with van der Waals surface area (Å²) in [6.45, 7) is 2.13. The first-order chi connectivity index (χ1) is 9.28. The first kappa shape index (κ1) is 12.8. The van der Waals surface area contributed by atoms with Gasteiger partial charge in [0.25, 0.3) is 5.56 Å². The van der Waals surface area contributed by atoms with Gasteiger partial charge in [-0.05, 0) is 17.9 Å². The summed E-state index contributed by atoms with van der Waals surface area (Å²) in [6.07, 6.45) is 0. The molecule has 0 fully saturated rings. The minimum absolute atomic E-state index is 0.0111. The monoisotopic (exact) mass is 290 g/mol. The van der Waals surface area contributed by atoms with E-state index in [1.807, 2.05) is 12.1 Å². The maximum atomic E-state index is 12.0.